The average Bonchev–Trinajstić information content (AvgIpc) is 4.06. The Morgan fingerprint density at radius 3 is 2.30 bits per heavy atom. The number of rotatable bonds is 15. The van der Waals surface area contributed by atoms with Crippen molar-refractivity contribution < 1.29 is 59.4 Å². The SMILES string of the molecule is CC1(C)CCC(CN2CCN(c3ccc(C(=O)NS(=O)(=O)c4ccc(NCC5CCC(C)(O)CC5)c([N+](=O)[O-])c4)c(Oc4cnc5[nH]ccc5c4)c3)CC2)=C(c2cc(-c3ccc(C(O)(C(F)(F)F)C(F)(F)F)cc3)cs2)C1. The van der Waals surface area contributed by atoms with Gasteiger partial charge in [-0.05, 0) is 128 Å². The Hall–Kier alpha value is -6.53. The van der Waals surface area contributed by atoms with E-state index in [0.29, 0.717) is 86.7 Å². The van der Waals surface area contributed by atoms with Crippen LogP contribution in [0.5, 0.6) is 11.5 Å². The number of amides is 1. The molecule has 0 atom stereocenters. The van der Waals surface area contributed by atoms with Gasteiger partial charge in [0.05, 0.1) is 27.2 Å². The standard InChI is InChI=1S/C54H57F6N7O8S2/c1-50(2)16-14-36(43(28-50)47-25-37(32-76-47)34-4-6-38(7-5-34)52(70,53(55,56)57)54(58,59)60)31-65-20-22-66(23-21-65)39-8-10-42(46(26-39)75-40-24-35-15-19-61-48(35)63-30-40)49(68)64-77(73,74)41-9-11-44(45(27-41)67(71)72)62-29-33-12-17-51(3,69)18-13-33/h4-11,15,19,24-27,30,32-33,62,69-70H,12-14,16-18,20-23,28-29,31H2,1-3H3,(H,61,63)(H,64,68). The van der Waals surface area contributed by atoms with Crippen molar-refractivity contribution in [1.29, 1.82) is 0 Å². The number of anilines is 2. The second-order valence-electron chi connectivity index (χ2n) is 21.2. The maximum atomic E-state index is 14.0. The largest absolute Gasteiger partial charge is 0.455 e. The van der Waals surface area contributed by atoms with Crippen LogP contribution in [-0.4, -0.2) is 102 Å². The molecule has 0 spiro atoms. The fourth-order valence-electron chi connectivity index (χ4n) is 10.3. The van der Waals surface area contributed by atoms with Gasteiger partial charge in [0.25, 0.3) is 27.2 Å². The summed E-state index contributed by atoms with van der Waals surface area (Å²) in [5.41, 5.74) is -2.97. The Bertz CT molecular complexity index is 3310. The Morgan fingerprint density at radius 2 is 1.62 bits per heavy atom. The van der Waals surface area contributed by atoms with Gasteiger partial charge in [0, 0.05) is 79.1 Å². The van der Waals surface area contributed by atoms with Gasteiger partial charge in [0.2, 0.25) is 0 Å². The molecule has 0 unspecified atom stereocenters. The molecule has 410 valence electrons. The number of aromatic nitrogens is 2. The fourth-order valence-corrected chi connectivity index (χ4v) is 12.3. The molecule has 5 N–H and O–H groups in total. The first-order valence-corrected chi connectivity index (χ1v) is 27.4. The summed E-state index contributed by atoms with van der Waals surface area (Å²) in [7, 11) is -4.66. The Balaban J connectivity index is 0.907. The van der Waals surface area contributed by atoms with Crippen molar-refractivity contribution in [2.24, 2.45) is 11.3 Å². The fraction of sp³-hybridized carbons (Fsp3) is 0.407. The highest BCUT2D eigenvalue weighted by Crippen LogP contribution is 2.51. The van der Waals surface area contributed by atoms with E-state index in [-0.39, 0.29) is 34.1 Å². The lowest BCUT2D eigenvalue weighted by atomic mass is 9.73. The number of sulfonamides is 1. The van der Waals surface area contributed by atoms with Crippen molar-refractivity contribution in [2.75, 3.05) is 49.5 Å². The molecular formula is C54H57F6N7O8S2. The quantitative estimate of drug-likeness (QED) is 0.0370. The van der Waals surface area contributed by atoms with Crippen molar-refractivity contribution >= 4 is 60.9 Å². The molecule has 2 fully saturated rings. The van der Waals surface area contributed by atoms with Crippen LogP contribution in [0.25, 0.3) is 27.7 Å². The van der Waals surface area contributed by atoms with Crippen LogP contribution in [0.1, 0.15) is 86.5 Å². The third-order valence-electron chi connectivity index (χ3n) is 15.0. The molecule has 3 aromatic heterocycles. The second kappa shape index (κ2) is 21.0. The summed E-state index contributed by atoms with van der Waals surface area (Å²) in [6, 6.07) is 17.2. The van der Waals surface area contributed by atoms with Gasteiger partial charge in [-0.1, -0.05) is 43.7 Å². The minimum Gasteiger partial charge on any atom is -0.455 e. The number of H-pyrrole nitrogens is 1. The summed E-state index contributed by atoms with van der Waals surface area (Å²) in [6.45, 7) is 9.58. The Kier molecular flexibility index (Phi) is 15.1. The number of piperazine rings is 1. The van der Waals surface area contributed by atoms with Gasteiger partial charge < -0.3 is 30.2 Å². The summed E-state index contributed by atoms with van der Waals surface area (Å²) in [6.07, 6.45) is -3.69. The van der Waals surface area contributed by atoms with Crippen molar-refractivity contribution in [3.8, 4) is 22.6 Å². The molecule has 1 saturated carbocycles. The number of ether oxygens (including phenoxy) is 1. The number of aliphatic hydroxyl groups is 2. The van der Waals surface area contributed by atoms with Gasteiger partial charge in [0.15, 0.2) is 0 Å². The summed E-state index contributed by atoms with van der Waals surface area (Å²) < 4.78 is 117. The van der Waals surface area contributed by atoms with E-state index in [9.17, 15) is 59.9 Å². The van der Waals surface area contributed by atoms with Gasteiger partial charge in [-0.15, -0.1) is 11.3 Å². The van der Waals surface area contributed by atoms with Crippen LogP contribution < -0.4 is 19.7 Å². The van der Waals surface area contributed by atoms with Crippen molar-refractivity contribution in [3.05, 3.63) is 128 Å². The van der Waals surface area contributed by atoms with E-state index in [0.717, 1.165) is 66.1 Å². The zero-order chi connectivity index (χ0) is 55.3. The summed E-state index contributed by atoms with van der Waals surface area (Å²) >= 11 is 1.44. The maximum Gasteiger partial charge on any atom is 0.430 e. The molecule has 0 radical (unpaired) electrons. The van der Waals surface area contributed by atoms with Crippen molar-refractivity contribution in [1.82, 2.24) is 19.6 Å². The van der Waals surface area contributed by atoms with Crippen LogP contribution in [0, 0.1) is 21.4 Å². The number of hydrogen-bond acceptors (Lipinski definition) is 13. The van der Waals surface area contributed by atoms with Crippen LogP contribution in [0.2, 0.25) is 0 Å². The van der Waals surface area contributed by atoms with E-state index in [4.69, 9.17) is 4.74 Å². The summed E-state index contributed by atoms with van der Waals surface area (Å²) in [5.74, 6) is -0.592. The molecule has 6 aromatic rings. The average molecular weight is 1110 g/mol. The number of allylic oxidation sites excluding steroid dienone is 1. The van der Waals surface area contributed by atoms with Gasteiger partial charge in [0.1, 0.15) is 22.8 Å². The molecule has 4 heterocycles. The predicted molar refractivity (Wildman–Crippen MR) is 280 cm³/mol. The first-order valence-electron chi connectivity index (χ1n) is 25.0. The van der Waals surface area contributed by atoms with Crippen LogP contribution in [0.4, 0.5) is 43.4 Å². The Labute approximate surface area is 444 Å². The molecular weight excluding hydrogens is 1050 g/mol. The highest BCUT2D eigenvalue weighted by molar-refractivity contribution is 7.90. The zero-order valence-corrected chi connectivity index (χ0v) is 43.9. The second-order valence-corrected chi connectivity index (χ2v) is 23.8. The number of carbonyl (C=O) groups is 1. The van der Waals surface area contributed by atoms with Gasteiger partial charge >= 0.3 is 12.4 Å². The third kappa shape index (κ3) is 12.0. The molecule has 1 saturated heterocycles. The van der Waals surface area contributed by atoms with Crippen molar-refractivity contribution in [3.63, 3.8) is 0 Å². The number of carbonyl (C=O) groups excluding carboxylic acids is 1. The van der Waals surface area contributed by atoms with E-state index < -0.39 is 60.6 Å². The smallest absolute Gasteiger partial charge is 0.430 e. The number of halogens is 6. The minimum absolute atomic E-state index is 0.0269. The van der Waals surface area contributed by atoms with Crippen LogP contribution in [0.15, 0.2) is 107 Å². The number of thiophene rings is 1. The molecule has 3 aliphatic rings. The Morgan fingerprint density at radius 1 is 0.922 bits per heavy atom. The minimum atomic E-state index is -5.99. The van der Waals surface area contributed by atoms with E-state index in [1.807, 2.05) is 11.4 Å². The molecule has 1 amide bonds. The molecule has 2 aliphatic carbocycles. The summed E-state index contributed by atoms with van der Waals surface area (Å²) in [5, 5.41) is 38.0. The molecule has 9 rings (SSSR count). The molecule has 1 aliphatic heterocycles. The zero-order valence-electron chi connectivity index (χ0n) is 42.2. The third-order valence-corrected chi connectivity index (χ3v) is 17.3. The lowest BCUT2D eigenvalue weighted by molar-refractivity contribution is -0.384. The predicted octanol–water partition coefficient (Wildman–Crippen LogP) is 11.6. The van der Waals surface area contributed by atoms with Crippen LogP contribution in [-0.2, 0) is 15.6 Å². The number of pyridine rings is 1. The van der Waals surface area contributed by atoms with E-state index >= 15 is 0 Å². The highest BCUT2D eigenvalue weighted by atomic mass is 32.2. The number of aromatic amines is 1. The molecule has 77 heavy (non-hydrogen) atoms. The molecule has 0 bridgehead atoms. The van der Waals surface area contributed by atoms with Crippen LogP contribution >= 0.6 is 11.3 Å². The maximum absolute atomic E-state index is 14.0. The van der Waals surface area contributed by atoms with E-state index in [1.165, 1.54) is 41.3 Å². The topological polar surface area (TPSA) is 203 Å². The van der Waals surface area contributed by atoms with Crippen LogP contribution in [0.3, 0.4) is 0 Å². The number of nitro benzene ring substituents is 1. The van der Waals surface area contributed by atoms with Crippen molar-refractivity contribution in [2.45, 2.75) is 94.2 Å². The number of alkyl halides is 6. The molecule has 3 aromatic carbocycles. The highest BCUT2D eigenvalue weighted by Gasteiger charge is 2.71. The van der Waals surface area contributed by atoms with E-state index in [1.54, 1.807) is 37.4 Å². The summed E-state index contributed by atoms with van der Waals surface area (Å²) in [4.78, 5) is 37.8. The first kappa shape index (κ1) is 55.2. The number of nitro groups is 1. The van der Waals surface area contributed by atoms with E-state index in [2.05, 4.69) is 43.7 Å². The lowest BCUT2D eigenvalue weighted by Crippen LogP contribution is -2.53. The monoisotopic (exact) mass is 1110 g/mol. The number of nitrogens with zero attached hydrogens (tertiary/aromatic N) is 4. The van der Waals surface area contributed by atoms with Gasteiger partial charge in [-0.25, -0.2) is 18.1 Å². The lowest BCUT2D eigenvalue weighted by Gasteiger charge is -2.39. The number of hydrogen-bond donors (Lipinski definition) is 5. The molecule has 15 nitrogen and oxygen atoms in total. The number of benzene rings is 3. The normalized spacial score (nSPS) is 19.8. The van der Waals surface area contributed by atoms with Gasteiger partial charge in [-0.2, -0.15) is 26.3 Å². The number of fused-ring (bicyclic) bond motifs is 1. The first-order chi connectivity index (χ1) is 36.2. The number of nitrogens with one attached hydrogen (secondary N) is 3. The molecule has 23 heteroatoms. The van der Waals surface area contributed by atoms with Gasteiger partial charge in [-0.3, -0.25) is 19.8 Å².